The Morgan fingerprint density at radius 2 is 1.55 bits per heavy atom. The maximum atomic E-state index is 12.6. The van der Waals surface area contributed by atoms with Crippen molar-refractivity contribution in [1.82, 2.24) is 0 Å². The summed E-state index contributed by atoms with van der Waals surface area (Å²) >= 11 is 0. The highest BCUT2D eigenvalue weighted by atomic mass is 32.2. The third kappa shape index (κ3) is 4.73. The molecule has 0 bridgehead atoms. The first-order valence-electron chi connectivity index (χ1n) is 8.34. The molecule has 0 aromatic carbocycles. The van der Waals surface area contributed by atoms with E-state index in [1.54, 1.807) is 6.92 Å². The lowest BCUT2D eigenvalue weighted by atomic mass is 9.81. The van der Waals surface area contributed by atoms with Crippen LogP contribution >= 0.6 is 0 Å². The van der Waals surface area contributed by atoms with Gasteiger partial charge >= 0.3 is 0 Å². The van der Waals surface area contributed by atoms with E-state index in [1.165, 1.54) is 19.3 Å². The topological polar surface area (TPSA) is 43.4 Å². The Labute approximate surface area is 126 Å². The van der Waals surface area contributed by atoms with Crippen molar-refractivity contribution in [3.63, 3.8) is 0 Å². The van der Waals surface area contributed by atoms with Crippen molar-refractivity contribution in [3.8, 4) is 0 Å². The molecule has 0 aliphatic carbocycles. The van der Waals surface area contributed by atoms with Gasteiger partial charge in [0, 0.05) is 0 Å². The number of rotatable bonds is 12. The van der Waals surface area contributed by atoms with Crippen LogP contribution in [0.4, 0.5) is 0 Å². The van der Waals surface area contributed by atoms with E-state index in [1.807, 2.05) is 13.8 Å². The predicted molar refractivity (Wildman–Crippen MR) is 86.4 cm³/mol. The molecule has 0 aliphatic rings. The molecule has 0 amide bonds. The standard InChI is InChI=1S/C16H34O3S/c1-6-11-12-13-14-15(7-2)16(8-3,9-4)20(17,18)19-10-5/h15H,6-14H2,1-5H3. The van der Waals surface area contributed by atoms with Crippen LogP contribution in [0.1, 0.15) is 86.0 Å². The molecule has 1 unspecified atom stereocenters. The summed E-state index contributed by atoms with van der Waals surface area (Å²) < 4.78 is 29.6. The van der Waals surface area contributed by atoms with Gasteiger partial charge in [-0.25, -0.2) is 0 Å². The summed E-state index contributed by atoms with van der Waals surface area (Å²) in [6.45, 7) is 10.2. The van der Waals surface area contributed by atoms with Crippen LogP contribution in [-0.4, -0.2) is 19.8 Å². The number of hydrogen-bond acceptors (Lipinski definition) is 3. The molecule has 4 heteroatoms. The zero-order valence-corrected chi connectivity index (χ0v) is 14.9. The Balaban J connectivity index is 5.09. The van der Waals surface area contributed by atoms with Gasteiger partial charge in [-0.15, -0.1) is 0 Å². The first-order chi connectivity index (χ1) is 9.45. The number of unbranched alkanes of at least 4 members (excludes halogenated alkanes) is 3. The van der Waals surface area contributed by atoms with E-state index in [0.717, 1.165) is 19.3 Å². The second-order valence-electron chi connectivity index (χ2n) is 5.59. The molecule has 0 saturated heterocycles. The second kappa shape index (κ2) is 9.78. The first kappa shape index (κ1) is 19.9. The molecule has 3 nitrogen and oxygen atoms in total. The molecule has 0 fully saturated rings. The summed E-state index contributed by atoms with van der Waals surface area (Å²) in [5, 5.41) is 0. The van der Waals surface area contributed by atoms with Crippen molar-refractivity contribution in [2.75, 3.05) is 6.61 Å². The van der Waals surface area contributed by atoms with Crippen LogP contribution in [0.3, 0.4) is 0 Å². The molecule has 1 atom stereocenters. The normalized spacial score (nSPS) is 14.4. The highest BCUT2D eigenvalue weighted by Gasteiger charge is 2.46. The summed E-state index contributed by atoms with van der Waals surface area (Å²) in [6, 6.07) is 0. The molecule has 0 radical (unpaired) electrons. The minimum Gasteiger partial charge on any atom is -0.270 e. The Kier molecular flexibility index (Phi) is 9.73. The lowest BCUT2D eigenvalue weighted by Crippen LogP contribution is -2.45. The fourth-order valence-electron chi connectivity index (χ4n) is 3.31. The minimum absolute atomic E-state index is 0.200. The summed E-state index contributed by atoms with van der Waals surface area (Å²) in [6.07, 6.45) is 7.93. The molecule has 0 spiro atoms. The summed E-state index contributed by atoms with van der Waals surface area (Å²) in [4.78, 5) is 0. The zero-order chi connectivity index (χ0) is 15.6. The molecule has 0 aromatic heterocycles. The molecule has 0 aromatic rings. The van der Waals surface area contributed by atoms with Crippen molar-refractivity contribution in [2.24, 2.45) is 5.92 Å². The second-order valence-corrected chi connectivity index (χ2v) is 7.54. The number of hydrogen-bond donors (Lipinski definition) is 0. The monoisotopic (exact) mass is 306 g/mol. The molecule has 20 heavy (non-hydrogen) atoms. The predicted octanol–water partition coefficient (Wildman–Crippen LogP) is 4.91. The average Bonchev–Trinajstić information content (AvgIpc) is 2.42. The van der Waals surface area contributed by atoms with Crippen LogP contribution in [0, 0.1) is 5.92 Å². The molecular weight excluding hydrogens is 272 g/mol. The molecule has 0 N–H and O–H groups in total. The van der Waals surface area contributed by atoms with Gasteiger partial charge in [-0.2, -0.15) is 8.42 Å². The van der Waals surface area contributed by atoms with Gasteiger partial charge in [0.15, 0.2) is 0 Å². The van der Waals surface area contributed by atoms with Gasteiger partial charge in [-0.05, 0) is 32.1 Å². The van der Waals surface area contributed by atoms with Gasteiger partial charge in [0.2, 0.25) is 0 Å². The fourth-order valence-corrected chi connectivity index (χ4v) is 5.26. The van der Waals surface area contributed by atoms with Crippen LogP contribution < -0.4 is 0 Å². The van der Waals surface area contributed by atoms with Crippen LogP contribution in [-0.2, 0) is 14.3 Å². The van der Waals surface area contributed by atoms with E-state index in [4.69, 9.17) is 4.18 Å². The van der Waals surface area contributed by atoms with E-state index < -0.39 is 14.9 Å². The van der Waals surface area contributed by atoms with E-state index >= 15 is 0 Å². The average molecular weight is 307 g/mol. The third-order valence-corrected chi connectivity index (χ3v) is 7.06. The summed E-state index contributed by atoms with van der Waals surface area (Å²) in [5.41, 5.74) is 0. The quantitative estimate of drug-likeness (QED) is 0.380. The van der Waals surface area contributed by atoms with Crippen molar-refractivity contribution in [1.29, 1.82) is 0 Å². The van der Waals surface area contributed by atoms with Gasteiger partial charge in [0.25, 0.3) is 10.1 Å². The van der Waals surface area contributed by atoms with Crippen LogP contribution in [0.25, 0.3) is 0 Å². The first-order valence-corrected chi connectivity index (χ1v) is 9.75. The smallest absolute Gasteiger partial charge is 0.270 e. The van der Waals surface area contributed by atoms with Crippen molar-refractivity contribution in [2.45, 2.75) is 90.7 Å². The molecule has 0 rings (SSSR count). The van der Waals surface area contributed by atoms with Crippen molar-refractivity contribution < 1.29 is 12.6 Å². The Morgan fingerprint density at radius 3 is 1.95 bits per heavy atom. The van der Waals surface area contributed by atoms with Crippen LogP contribution in [0.5, 0.6) is 0 Å². The lowest BCUT2D eigenvalue weighted by Gasteiger charge is -2.38. The Hall–Kier alpha value is -0.0900. The van der Waals surface area contributed by atoms with Gasteiger partial charge in [0.1, 0.15) is 0 Å². The van der Waals surface area contributed by atoms with Gasteiger partial charge < -0.3 is 0 Å². The fraction of sp³-hybridized carbons (Fsp3) is 1.00. The molecule has 0 aliphatic heterocycles. The maximum Gasteiger partial charge on any atom is 0.273 e. The molecule has 0 saturated carbocycles. The van der Waals surface area contributed by atoms with Crippen LogP contribution in [0.15, 0.2) is 0 Å². The minimum atomic E-state index is -3.49. The zero-order valence-electron chi connectivity index (χ0n) is 14.1. The van der Waals surface area contributed by atoms with E-state index in [0.29, 0.717) is 12.8 Å². The van der Waals surface area contributed by atoms with Crippen molar-refractivity contribution >= 4 is 10.1 Å². The molecule has 0 heterocycles. The highest BCUT2D eigenvalue weighted by Crippen LogP contribution is 2.40. The summed E-state index contributed by atoms with van der Waals surface area (Å²) in [7, 11) is -3.49. The van der Waals surface area contributed by atoms with E-state index in [9.17, 15) is 8.42 Å². The molecule has 122 valence electrons. The summed E-state index contributed by atoms with van der Waals surface area (Å²) in [5.74, 6) is 0.200. The molecular formula is C16H34O3S. The van der Waals surface area contributed by atoms with Crippen LogP contribution in [0.2, 0.25) is 0 Å². The van der Waals surface area contributed by atoms with Gasteiger partial charge in [0.05, 0.1) is 11.4 Å². The van der Waals surface area contributed by atoms with E-state index in [2.05, 4.69) is 13.8 Å². The van der Waals surface area contributed by atoms with Crippen molar-refractivity contribution in [3.05, 3.63) is 0 Å². The highest BCUT2D eigenvalue weighted by molar-refractivity contribution is 7.88. The Bertz CT molecular complexity index is 332. The van der Waals surface area contributed by atoms with Gasteiger partial charge in [-0.1, -0.05) is 59.8 Å². The third-order valence-electron chi connectivity index (χ3n) is 4.61. The lowest BCUT2D eigenvalue weighted by molar-refractivity contribution is 0.247. The van der Waals surface area contributed by atoms with E-state index in [-0.39, 0.29) is 12.5 Å². The maximum absolute atomic E-state index is 12.6. The Morgan fingerprint density at radius 1 is 0.950 bits per heavy atom. The SMILES string of the molecule is CCCCCCC(CC)C(CC)(CC)S(=O)(=O)OCC. The largest absolute Gasteiger partial charge is 0.273 e. The van der Waals surface area contributed by atoms with Gasteiger partial charge in [-0.3, -0.25) is 4.18 Å².